The van der Waals surface area contributed by atoms with E-state index in [0.717, 1.165) is 6.54 Å². The van der Waals surface area contributed by atoms with Gasteiger partial charge in [0.15, 0.2) is 0 Å². The molecule has 0 radical (unpaired) electrons. The molecule has 0 bridgehead atoms. The summed E-state index contributed by atoms with van der Waals surface area (Å²) in [4.78, 5) is 13.8. The van der Waals surface area contributed by atoms with E-state index >= 15 is 0 Å². The number of nitrogens with zero attached hydrogens (tertiary/aromatic N) is 1. The summed E-state index contributed by atoms with van der Waals surface area (Å²) in [6, 6.07) is 8.75. The molecule has 2 amide bonds. The van der Waals surface area contributed by atoms with Gasteiger partial charge in [0.05, 0.1) is 6.61 Å². The van der Waals surface area contributed by atoms with Gasteiger partial charge < -0.3 is 15.3 Å². The molecule has 4 nitrogen and oxygen atoms in total. The van der Waals surface area contributed by atoms with E-state index < -0.39 is 0 Å². The topological polar surface area (TPSA) is 52.6 Å². The van der Waals surface area contributed by atoms with Crippen molar-refractivity contribution in [1.29, 1.82) is 0 Å². The Labute approximate surface area is 132 Å². The number of hydrogen-bond donors (Lipinski definition) is 2. The maximum atomic E-state index is 12.1. The van der Waals surface area contributed by atoms with Crippen LogP contribution in [0.1, 0.15) is 37.3 Å². The number of nitrogens with one attached hydrogen (secondary N) is 1. The lowest BCUT2D eigenvalue weighted by Crippen LogP contribution is -2.42. The molecule has 2 aliphatic carbocycles. The first-order valence-electron chi connectivity index (χ1n) is 8.43. The van der Waals surface area contributed by atoms with Crippen LogP contribution in [0.3, 0.4) is 0 Å². The second-order valence-corrected chi connectivity index (χ2v) is 6.56. The predicted molar refractivity (Wildman–Crippen MR) is 86.9 cm³/mol. The van der Waals surface area contributed by atoms with E-state index in [1.54, 1.807) is 4.90 Å². The SMILES string of the molecule is CCN(CCO)C(=O)NCC1CC12CCCc1ccccc12. The highest BCUT2D eigenvalue weighted by Crippen LogP contribution is 2.59. The van der Waals surface area contributed by atoms with E-state index in [9.17, 15) is 4.79 Å². The summed E-state index contributed by atoms with van der Waals surface area (Å²) < 4.78 is 0. The van der Waals surface area contributed by atoms with Crippen LogP contribution in [-0.2, 0) is 11.8 Å². The quantitative estimate of drug-likeness (QED) is 0.877. The van der Waals surface area contributed by atoms with Crippen molar-refractivity contribution in [3.05, 3.63) is 35.4 Å². The van der Waals surface area contributed by atoms with Gasteiger partial charge >= 0.3 is 6.03 Å². The lowest BCUT2D eigenvalue weighted by Gasteiger charge is -2.27. The fraction of sp³-hybridized carbons (Fsp3) is 0.611. The number of carbonyl (C=O) groups excluding carboxylic acids is 1. The minimum atomic E-state index is -0.0531. The molecular formula is C18H26N2O2. The molecular weight excluding hydrogens is 276 g/mol. The summed E-state index contributed by atoms with van der Waals surface area (Å²) in [5, 5.41) is 12.1. The van der Waals surface area contributed by atoms with Gasteiger partial charge in [0.1, 0.15) is 0 Å². The van der Waals surface area contributed by atoms with Gasteiger partial charge in [0, 0.05) is 25.0 Å². The molecule has 0 saturated heterocycles. The summed E-state index contributed by atoms with van der Waals surface area (Å²) in [5.74, 6) is 0.561. The Morgan fingerprint density at radius 3 is 3.05 bits per heavy atom. The van der Waals surface area contributed by atoms with E-state index in [1.807, 2.05) is 6.92 Å². The highest BCUT2D eigenvalue weighted by atomic mass is 16.3. The molecule has 4 heteroatoms. The standard InChI is InChI=1S/C18H26N2O2/c1-2-20(10-11-21)17(22)19-13-15-12-18(15)9-5-7-14-6-3-4-8-16(14)18/h3-4,6,8,15,21H,2,5,7,9-13H2,1H3,(H,19,22). The Bertz CT molecular complexity index is 546. The van der Waals surface area contributed by atoms with Crippen LogP contribution in [0.2, 0.25) is 0 Å². The van der Waals surface area contributed by atoms with E-state index in [0.29, 0.717) is 24.4 Å². The molecule has 22 heavy (non-hydrogen) atoms. The zero-order valence-corrected chi connectivity index (χ0v) is 13.3. The molecule has 0 heterocycles. The number of likely N-dealkylation sites (N-methyl/N-ethyl adjacent to an activating group) is 1. The number of aliphatic hydroxyl groups excluding tert-OH is 1. The largest absolute Gasteiger partial charge is 0.395 e. The van der Waals surface area contributed by atoms with Crippen molar-refractivity contribution in [2.24, 2.45) is 5.92 Å². The molecule has 3 rings (SSSR count). The number of fused-ring (bicyclic) bond motifs is 2. The molecule has 1 aromatic rings. The number of hydrogen-bond acceptors (Lipinski definition) is 2. The van der Waals surface area contributed by atoms with Crippen molar-refractivity contribution in [3.8, 4) is 0 Å². The van der Waals surface area contributed by atoms with Crippen LogP contribution in [0, 0.1) is 5.92 Å². The van der Waals surface area contributed by atoms with Gasteiger partial charge in [-0.05, 0) is 49.7 Å². The lowest BCUT2D eigenvalue weighted by molar-refractivity contribution is 0.180. The second-order valence-electron chi connectivity index (χ2n) is 6.56. The van der Waals surface area contributed by atoms with Crippen molar-refractivity contribution < 1.29 is 9.90 Å². The molecule has 0 aromatic heterocycles. The van der Waals surface area contributed by atoms with Crippen molar-refractivity contribution in [3.63, 3.8) is 0 Å². The highest BCUT2D eigenvalue weighted by molar-refractivity contribution is 5.74. The average molecular weight is 302 g/mol. The second kappa shape index (κ2) is 6.29. The molecule has 2 aliphatic rings. The molecule has 0 aliphatic heterocycles. The summed E-state index contributed by atoms with van der Waals surface area (Å²) in [5.41, 5.74) is 3.33. The first-order chi connectivity index (χ1) is 10.7. The number of benzene rings is 1. The van der Waals surface area contributed by atoms with Crippen LogP contribution in [-0.4, -0.2) is 42.3 Å². The average Bonchev–Trinajstić information content (AvgIpc) is 3.24. The smallest absolute Gasteiger partial charge is 0.317 e. The van der Waals surface area contributed by atoms with Crippen molar-refractivity contribution in [2.75, 3.05) is 26.2 Å². The molecule has 1 saturated carbocycles. The molecule has 1 spiro atoms. The van der Waals surface area contributed by atoms with Gasteiger partial charge in [-0.15, -0.1) is 0 Å². The van der Waals surface area contributed by atoms with Crippen molar-refractivity contribution >= 4 is 6.03 Å². The predicted octanol–water partition coefficient (Wildman–Crippen LogP) is 2.30. The molecule has 2 atom stereocenters. The Morgan fingerprint density at radius 1 is 1.45 bits per heavy atom. The third-order valence-corrected chi connectivity index (χ3v) is 5.39. The van der Waals surface area contributed by atoms with Crippen LogP contribution in [0.5, 0.6) is 0 Å². The highest BCUT2D eigenvalue weighted by Gasteiger charge is 2.56. The number of amides is 2. The van der Waals surface area contributed by atoms with Gasteiger partial charge in [-0.2, -0.15) is 0 Å². The van der Waals surface area contributed by atoms with Crippen LogP contribution >= 0.6 is 0 Å². The zero-order chi connectivity index (χ0) is 15.6. The molecule has 2 unspecified atom stereocenters. The number of rotatable bonds is 5. The minimum absolute atomic E-state index is 0.0159. The number of aryl methyl sites for hydroxylation is 1. The fourth-order valence-electron chi connectivity index (χ4n) is 4.08. The van der Waals surface area contributed by atoms with Gasteiger partial charge in [-0.3, -0.25) is 0 Å². The van der Waals surface area contributed by atoms with E-state index in [4.69, 9.17) is 5.11 Å². The van der Waals surface area contributed by atoms with Crippen LogP contribution in [0.4, 0.5) is 4.79 Å². The van der Waals surface area contributed by atoms with Crippen LogP contribution < -0.4 is 5.32 Å². The number of urea groups is 1. The Balaban J connectivity index is 1.60. The molecule has 120 valence electrons. The Hall–Kier alpha value is -1.55. The summed E-state index contributed by atoms with van der Waals surface area (Å²) in [6.07, 6.45) is 4.89. The third kappa shape index (κ3) is 2.72. The van der Waals surface area contributed by atoms with Crippen molar-refractivity contribution in [2.45, 2.75) is 38.0 Å². The van der Waals surface area contributed by atoms with Gasteiger partial charge in [0.2, 0.25) is 0 Å². The normalized spacial score (nSPS) is 25.6. The van der Waals surface area contributed by atoms with Gasteiger partial charge in [0.25, 0.3) is 0 Å². The Kier molecular flexibility index (Phi) is 4.39. The zero-order valence-electron chi connectivity index (χ0n) is 13.3. The first-order valence-corrected chi connectivity index (χ1v) is 8.43. The number of aliphatic hydroxyl groups is 1. The van der Waals surface area contributed by atoms with Crippen LogP contribution in [0.25, 0.3) is 0 Å². The maximum Gasteiger partial charge on any atom is 0.317 e. The van der Waals surface area contributed by atoms with E-state index in [-0.39, 0.29) is 12.6 Å². The van der Waals surface area contributed by atoms with E-state index in [2.05, 4.69) is 29.6 Å². The fourth-order valence-corrected chi connectivity index (χ4v) is 4.08. The summed E-state index contributed by atoms with van der Waals surface area (Å²) >= 11 is 0. The van der Waals surface area contributed by atoms with E-state index in [1.165, 1.54) is 36.8 Å². The van der Waals surface area contributed by atoms with Gasteiger partial charge in [-0.25, -0.2) is 4.79 Å². The molecule has 1 fully saturated rings. The Morgan fingerprint density at radius 2 is 2.27 bits per heavy atom. The number of carbonyl (C=O) groups is 1. The van der Waals surface area contributed by atoms with Crippen LogP contribution in [0.15, 0.2) is 24.3 Å². The summed E-state index contributed by atoms with van der Waals surface area (Å²) in [7, 11) is 0. The molecule has 2 N–H and O–H groups in total. The van der Waals surface area contributed by atoms with Gasteiger partial charge in [-0.1, -0.05) is 24.3 Å². The summed E-state index contributed by atoms with van der Waals surface area (Å²) in [6.45, 7) is 3.73. The maximum absolute atomic E-state index is 12.1. The third-order valence-electron chi connectivity index (χ3n) is 5.39. The first kappa shape index (κ1) is 15.3. The minimum Gasteiger partial charge on any atom is -0.395 e. The lowest BCUT2D eigenvalue weighted by atomic mass is 9.78. The monoisotopic (exact) mass is 302 g/mol. The molecule has 1 aromatic carbocycles. The van der Waals surface area contributed by atoms with Crippen molar-refractivity contribution in [1.82, 2.24) is 10.2 Å².